The van der Waals surface area contributed by atoms with Crippen LogP contribution in [0.4, 0.5) is 0 Å². The smallest absolute Gasteiger partial charge is 0.272 e. The first-order chi connectivity index (χ1) is 6.88. The van der Waals surface area contributed by atoms with Crippen molar-refractivity contribution in [3.8, 4) is 0 Å². The van der Waals surface area contributed by atoms with Crippen LogP contribution in [0.2, 0.25) is 0 Å². The SMILES string of the molecule is O=C(c1ccccn1)N1CCCCC1. The number of aromatic nitrogens is 1. The first-order valence-corrected chi connectivity index (χ1v) is 5.08. The predicted molar refractivity (Wildman–Crippen MR) is 54.0 cm³/mol. The van der Waals surface area contributed by atoms with Crippen LogP contribution >= 0.6 is 0 Å². The summed E-state index contributed by atoms with van der Waals surface area (Å²) in [5.74, 6) is 0.0744. The van der Waals surface area contributed by atoms with Crippen molar-refractivity contribution < 1.29 is 4.79 Å². The standard InChI is InChI=1S/C11H14N2O/c14-11(10-6-2-3-7-12-10)13-8-4-1-5-9-13/h2-3,6-7H,1,4-5,8-9H2. The molecule has 0 atom stereocenters. The van der Waals surface area contributed by atoms with E-state index in [0.717, 1.165) is 25.9 Å². The molecule has 0 aliphatic carbocycles. The molecule has 0 spiro atoms. The molecule has 0 unspecified atom stereocenters. The van der Waals surface area contributed by atoms with Gasteiger partial charge in [-0.15, -0.1) is 0 Å². The molecule has 74 valence electrons. The van der Waals surface area contributed by atoms with Gasteiger partial charge in [-0.05, 0) is 31.4 Å². The number of pyridine rings is 1. The first kappa shape index (κ1) is 9.19. The van der Waals surface area contributed by atoms with Gasteiger partial charge in [0.2, 0.25) is 0 Å². The molecule has 1 saturated heterocycles. The van der Waals surface area contributed by atoms with Gasteiger partial charge in [0.25, 0.3) is 5.91 Å². The molecule has 0 radical (unpaired) electrons. The topological polar surface area (TPSA) is 33.2 Å². The Morgan fingerprint density at radius 3 is 2.64 bits per heavy atom. The second-order valence-corrected chi connectivity index (χ2v) is 3.57. The van der Waals surface area contributed by atoms with Crippen LogP contribution in [0.15, 0.2) is 24.4 Å². The Labute approximate surface area is 83.8 Å². The Morgan fingerprint density at radius 1 is 1.21 bits per heavy atom. The quantitative estimate of drug-likeness (QED) is 0.675. The number of nitrogens with zero attached hydrogens (tertiary/aromatic N) is 2. The van der Waals surface area contributed by atoms with Gasteiger partial charge in [-0.1, -0.05) is 6.07 Å². The van der Waals surface area contributed by atoms with E-state index in [1.165, 1.54) is 6.42 Å². The summed E-state index contributed by atoms with van der Waals surface area (Å²) in [6.45, 7) is 1.77. The van der Waals surface area contributed by atoms with Crippen LogP contribution in [0.3, 0.4) is 0 Å². The number of piperidine rings is 1. The van der Waals surface area contributed by atoms with Crippen LogP contribution in [0.1, 0.15) is 29.8 Å². The lowest BCUT2D eigenvalue weighted by Crippen LogP contribution is -2.35. The normalized spacial score (nSPS) is 16.7. The molecular formula is C11H14N2O. The molecule has 2 rings (SSSR count). The maximum atomic E-state index is 11.9. The molecule has 2 heterocycles. The van der Waals surface area contributed by atoms with Crippen molar-refractivity contribution in [2.75, 3.05) is 13.1 Å². The fourth-order valence-corrected chi connectivity index (χ4v) is 1.75. The van der Waals surface area contributed by atoms with Crippen molar-refractivity contribution in [1.29, 1.82) is 0 Å². The van der Waals surface area contributed by atoms with Crippen LogP contribution in [-0.2, 0) is 0 Å². The molecule has 1 aromatic rings. The highest BCUT2D eigenvalue weighted by Gasteiger charge is 2.18. The fraction of sp³-hybridized carbons (Fsp3) is 0.455. The average Bonchev–Trinajstić information content (AvgIpc) is 2.30. The summed E-state index contributed by atoms with van der Waals surface area (Å²) in [7, 11) is 0. The summed E-state index contributed by atoms with van der Waals surface area (Å²) in [5.41, 5.74) is 0.564. The number of carbonyl (C=O) groups is 1. The molecule has 1 fully saturated rings. The van der Waals surface area contributed by atoms with E-state index in [0.29, 0.717) is 5.69 Å². The molecule has 1 amide bonds. The highest BCUT2D eigenvalue weighted by Crippen LogP contribution is 2.11. The third-order valence-electron chi connectivity index (χ3n) is 2.53. The average molecular weight is 190 g/mol. The zero-order chi connectivity index (χ0) is 9.80. The fourth-order valence-electron chi connectivity index (χ4n) is 1.75. The van der Waals surface area contributed by atoms with E-state index in [4.69, 9.17) is 0 Å². The molecule has 1 aromatic heterocycles. The summed E-state index contributed by atoms with van der Waals surface area (Å²) in [5, 5.41) is 0. The number of likely N-dealkylation sites (tertiary alicyclic amines) is 1. The largest absolute Gasteiger partial charge is 0.337 e. The number of hydrogen-bond donors (Lipinski definition) is 0. The van der Waals surface area contributed by atoms with Crippen LogP contribution in [0.25, 0.3) is 0 Å². The van der Waals surface area contributed by atoms with Crippen molar-refractivity contribution in [3.63, 3.8) is 0 Å². The van der Waals surface area contributed by atoms with Gasteiger partial charge in [0.15, 0.2) is 0 Å². The van der Waals surface area contributed by atoms with Gasteiger partial charge in [-0.25, -0.2) is 0 Å². The molecule has 0 aromatic carbocycles. The minimum atomic E-state index is 0.0744. The lowest BCUT2D eigenvalue weighted by molar-refractivity contribution is 0.0718. The number of rotatable bonds is 1. The molecule has 1 aliphatic rings. The van der Waals surface area contributed by atoms with E-state index in [9.17, 15) is 4.79 Å². The molecule has 0 saturated carbocycles. The molecule has 1 aliphatic heterocycles. The van der Waals surface area contributed by atoms with E-state index in [-0.39, 0.29) is 5.91 Å². The lowest BCUT2D eigenvalue weighted by Gasteiger charge is -2.26. The van der Waals surface area contributed by atoms with Crippen molar-refractivity contribution in [3.05, 3.63) is 30.1 Å². The van der Waals surface area contributed by atoms with Crippen molar-refractivity contribution >= 4 is 5.91 Å². The minimum absolute atomic E-state index is 0.0744. The van der Waals surface area contributed by atoms with Gasteiger partial charge in [0.1, 0.15) is 5.69 Å². The first-order valence-electron chi connectivity index (χ1n) is 5.08. The van der Waals surface area contributed by atoms with E-state index >= 15 is 0 Å². The Hall–Kier alpha value is -1.38. The zero-order valence-corrected chi connectivity index (χ0v) is 8.15. The van der Waals surface area contributed by atoms with Gasteiger partial charge in [0.05, 0.1) is 0 Å². The van der Waals surface area contributed by atoms with Crippen LogP contribution in [-0.4, -0.2) is 28.9 Å². The molecular weight excluding hydrogens is 176 g/mol. The highest BCUT2D eigenvalue weighted by atomic mass is 16.2. The maximum Gasteiger partial charge on any atom is 0.272 e. The molecule has 0 bridgehead atoms. The molecule has 3 heteroatoms. The van der Waals surface area contributed by atoms with Gasteiger partial charge in [0, 0.05) is 19.3 Å². The van der Waals surface area contributed by atoms with Gasteiger partial charge in [-0.3, -0.25) is 9.78 Å². The third kappa shape index (κ3) is 1.92. The van der Waals surface area contributed by atoms with E-state index in [2.05, 4.69) is 4.98 Å². The number of amides is 1. The molecule has 14 heavy (non-hydrogen) atoms. The van der Waals surface area contributed by atoms with Crippen molar-refractivity contribution in [1.82, 2.24) is 9.88 Å². The Morgan fingerprint density at radius 2 is 2.00 bits per heavy atom. The van der Waals surface area contributed by atoms with Gasteiger partial charge < -0.3 is 4.90 Å². The van der Waals surface area contributed by atoms with Crippen LogP contribution < -0.4 is 0 Å². The van der Waals surface area contributed by atoms with E-state index in [1.807, 2.05) is 17.0 Å². The summed E-state index contributed by atoms with van der Waals surface area (Å²) < 4.78 is 0. The van der Waals surface area contributed by atoms with E-state index < -0.39 is 0 Å². The Bertz CT molecular complexity index is 304. The highest BCUT2D eigenvalue weighted by molar-refractivity contribution is 5.92. The second kappa shape index (κ2) is 4.22. The maximum absolute atomic E-state index is 11.9. The predicted octanol–water partition coefficient (Wildman–Crippen LogP) is 1.71. The van der Waals surface area contributed by atoms with Crippen molar-refractivity contribution in [2.45, 2.75) is 19.3 Å². The Balaban J connectivity index is 2.07. The molecule has 3 nitrogen and oxygen atoms in total. The van der Waals surface area contributed by atoms with Crippen LogP contribution in [0.5, 0.6) is 0 Å². The zero-order valence-electron chi connectivity index (χ0n) is 8.15. The number of carbonyl (C=O) groups excluding carboxylic acids is 1. The van der Waals surface area contributed by atoms with E-state index in [1.54, 1.807) is 12.3 Å². The lowest BCUT2D eigenvalue weighted by atomic mass is 10.1. The van der Waals surface area contributed by atoms with Crippen molar-refractivity contribution in [2.24, 2.45) is 0 Å². The summed E-state index contributed by atoms with van der Waals surface area (Å²) in [4.78, 5) is 17.8. The monoisotopic (exact) mass is 190 g/mol. The second-order valence-electron chi connectivity index (χ2n) is 3.57. The van der Waals surface area contributed by atoms with Gasteiger partial charge in [-0.2, -0.15) is 0 Å². The third-order valence-corrected chi connectivity index (χ3v) is 2.53. The summed E-state index contributed by atoms with van der Waals surface area (Å²) in [6.07, 6.45) is 5.15. The molecule has 0 N–H and O–H groups in total. The number of hydrogen-bond acceptors (Lipinski definition) is 2. The summed E-state index contributed by atoms with van der Waals surface area (Å²) in [6, 6.07) is 5.45. The summed E-state index contributed by atoms with van der Waals surface area (Å²) >= 11 is 0. The minimum Gasteiger partial charge on any atom is -0.337 e. The van der Waals surface area contributed by atoms with Gasteiger partial charge >= 0.3 is 0 Å². The Kier molecular flexibility index (Phi) is 2.77. The van der Waals surface area contributed by atoms with Crippen LogP contribution in [0, 0.1) is 0 Å².